The molecule has 0 unspecified atom stereocenters. The van der Waals surface area contributed by atoms with Crippen LogP contribution in [0, 0.1) is 17.8 Å². The second kappa shape index (κ2) is 10.7. The second-order valence-electron chi connectivity index (χ2n) is 11.3. The molecule has 2 amide bonds. The molecule has 8 heteroatoms. The minimum atomic E-state index is -0.631. The SMILES string of the molecule is CCc1cc(NC(=O)C(=O)N2C[C@@H](C)CC[C@@H]2c2ccc(N3C[C@H]4CN(C)CC[C@H]4C3)cc2)cnc1N. The summed E-state index contributed by atoms with van der Waals surface area (Å²) in [5.41, 5.74) is 9.57. The van der Waals surface area contributed by atoms with Crippen LogP contribution < -0.4 is 16.0 Å². The lowest BCUT2D eigenvalue weighted by Gasteiger charge is -2.38. The van der Waals surface area contributed by atoms with E-state index in [-0.39, 0.29) is 6.04 Å². The molecule has 0 radical (unpaired) electrons. The largest absolute Gasteiger partial charge is 0.383 e. The van der Waals surface area contributed by atoms with Crippen molar-refractivity contribution in [1.82, 2.24) is 14.8 Å². The fourth-order valence-electron chi connectivity index (χ4n) is 6.38. The van der Waals surface area contributed by atoms with Crippen LogP contribution >= 0.6 is 0 Å². The molecule has 198 valence electrons. The summed E-state index contributed by atoms with van der Waals surface area (Å²) in [6.45, 7) is 9.31. The number of carbonyl (C=O) groups excluding carboxylic acids is 2. The Morgan fingerprint density at radius 3 is 2.57 bits per heavy atom. The van der Waals surface area contributed by atoms with Gasteiger partial charge in [0, 0.05) is 31.9 Å². The number of likely N-dealkylation sites (tertiary alicyclic amines) is 2. The summed E-state index contributed by atoms with van der Waals surface area (Å²) >= 11 is 0. The molecule has 8 nitrogen and oxygen atoms in total. The third kappa shape index (κ3) is 5.44. The highest BCUT2D eigenvalue weighted by atomic mass is 16.2. The van der Waals surface area contributed by atoms with E-state index in [2.05, 4.69) is 58.3 Å². The summed E-state index contributed by atoms with van der Waals surface area (Å²) in [6.07, 6.45) is 5.36. The van der Waals surface area contributed by atoms with Crippen molar-refractivity contribution < 1.29 is 9.59 Å². The zero-order chi connectivity index (χ0) is 26.1. The van der Waals surface area contributed by atoms with Crippen LogP contribution in [0.25, 0.3) is 0 Å². The number of pyridine rings is 1. The van der Waals surface area contributed by atoms with Crippen LogP contribution in [-0.4, -0.2) is 66.4 Å². The number of fused-ring (bicyclic) bond motifs is 1. The highest BCUT2D eigenvalue weighted by Gasteiger charge is 2.37. The number of piperidine rings is 2. The molecule has 1 aromatic heterocycles. The van der Waals surface area contributed by atoms with Crippen molar-refractivity contribution in [1.29, 1.82) is 0 Å². The van der Waals surface area contributed by atoms with E-state index >= 15 is 0 Å². The van der Waals surface area contributed by atoms with Gasteiger partial charge in [-0.05, 0) is 86.4 Å². The number of nitrogens with zero attached hydrogens (tertiary/aromatic N) is 4. The fourth-order valence-corrected chi connectivity index (χ4v) is 6.38. The predicted molar refractivity (Wildman–Crippen MR) is 147 cm³/mol. The number of nitrogen functional groups attached to an aromatic ring is 1. The highest BCUT2D eigenvalue weighted by molar-refractivity contribution is 6.39. The van der Waals surface area contributed by atoms with Gasteiger partial charge < -0.3 is 25.8 Å². The van der Waals surface area contributed by atoms with E-state index in [4.69, 9.17) is 5.73 Å². The summed E-state index contributed by atoms with van der Waals surface area (Å²) in [5, 5.41) is 2.74. The zero-order valence-corrected chi connectivity index (χ0v) is 22.3. The van der Waals surface area contributed by atoms with E-state index in [0.717, 1.165) is 48.9 Å². The molecule has 1 aromatic carbocycles. The molecule has 4 heterocycles. The average Bonchev–Trinajstić information content (AvgIpc) is 3.32. The van der Waals surface area contributed by atoms with E-state index < -0.39 is 11.8 Å². The van der Waals surface area contributed by atoms with Gasteiger partial charge in [-0.1, -0.05) is 26.0 Å². The van der Waals surface area contributed by atoms with Crippen molar-refractivity contribution in [2.24, 2.45) is 17.8 Å². The highest BCUT2D eigenvalue weighted by Crippen LogP contribution is 2.37. The number of rotatable bonds is 4. The Morgan fingerprint density at radius 1 is 1.05 bits per heavy atom. The molecule has 0 aliphatic carbocycles. The number of amides is 2. The van der Waals surface area contributed by atoms with Crippen molar-refractivity contribution in [2.45, 2.75) is 45.6 Å². The smallest absolute Gasteiger partial charge is 0.313 e. The average molecular weight is 505 g/mol. The first-order valence-electron chi connectivity index (χ1n) is 13.7. The second-order valence-corrected chi connectivity index (χ2v) is 11.3. The first-order valence-corrected chi connectivity index (χ1v) is 13.7. The number of nitrogens with one attached hydrogen (secondary N) is 1. The number of hydrogen-bond donors (Lipinski definition) is 2. The lowest BCUT2D eigenvalue weighted by Crippen LogP contribution is -2.46. The fraction of sp³-hybridized carbons (Fsp3) is 0.552. The van der Waals surface area contributed by atoms with Crippen molar-refractivity contribution in [2.75, 3.05) is 55.7 Å². The molecule has 4 atom stereocenters. The zero-order valence-electron chi connectivity index (χ0n) is 22.3. The van der Waals surface area contributed by atoms with Gasteiger partial charge in [-0.3, -0.25) is 9.59 Å². The Morgan fingerprint density at radius 2 is 1.81 bits per heavy atom. The normalized spacial score (nSPS) is 26.1. The maximum Gasteiger partial charge on any atom is 0.313 e. The number of anilines is 3. The molecule has 2 aromatic rings. The van der Waals surface area contributed by atoms with Crippen LogP contribution in [0.1, 0.15) is 50.3 Å². The van der Waals surface area contributed by atoms with Gasteiger partial charge in [-0.25, -0.2) is 4.98 Å². The summed E-state index contributed by atoms with van der Waals surface area (Å²) in [5.74, 6) is 1.20. The van der Waals surface area contributed by atoms with Gasteiger partial charge in [0.1, 0.15) is 5.82 Å². The molecule has 3 N–H and O–H groups in total. The maximum absolute atomic E-state index is 13.4. The Bertz CT molecular complexity index is 1140. The molecule has 3 aliphatic rings. The maximum atomic E-state index is 13.4. The topological polar surface area (TPSA) is 94.8 Å². The Kier molecular flexibility index (Phi) is 7.38. The number of hydrogen-bond acceptors (Lipinski definition) is 6. The van der Waals surface area contributed by atoms with Gasteiger partial charge in [-0.2, -0.15) is 0 Å². The molecular formula is C29H40N6O2. The minimum absolute atomic E-state index is 0.103. The monoisotopic (exact) mass is 504 g/mol. The third-order valence-corrected chi connectivity index (χ3v) is 8.56. The lowest BCUT2D eigenvalue weighted by molar-refractivity contribution is -0.146. The summed E-state index contributed by atoms with van der Waals surface area (Å²) in [7, 11) is 2.22. The van der Waals surface area contributed by atoms with E-state index in [9.17, 15) is 9.59 Å². The third-order valence-electron chi connectivity index (χ3n) is 8.56. The molecule has 0 saturated carbocycles. The molecule has 3 saturated heterocycles. The van der Waals surface area contributed by atoms with Gasteiger partial charge in [0.15, 0.2) is 0 Å². The van der Waals surface area contributed by atoms with Gasteiger partial charge in [0.05, 0.1) is 17.9 Å². The molecule has 3 fully saturated rings. The quantitative estimate of drug-likeness (QED) is 0.619. The van der Waals surface area contributed by atoms with Crippen molar-refractivity contribution in [3.05, 3.63) is 47.7 Å². The Labute approximate surface area is 220 Å². The summed E-state index contributed by atoms with van der Waals surface area (Å²) < 4.78 is 0. The molecule has 0 spiro atoms. The predicted octanol–water partition coefficient (Wildman–Crippen LogP) is 3.55. The number of aromatic nitrogens is 1. The van der Waals surface area contributed by atoms with E-state index in [0.29, 0.717) is 30.4 Å². The van der Waals surface area contributed by atoms with Crippen LogP contribution in [0.4, 0.5) is 17.2 Å². The van der Waals surface area contributed by atoms with Crippen LogP contribution in [-0.2, 0) is 16.0 Å². The van der Waals surface area contributed by atoms with E-state index in [1.54, 1.807) is 11.0 Å². The van der Waals surface area contributed by atoms with Crippen LogP contribution in [0.15, 0.2) is 36.5 Å². The van der Waals surface area contributed by atoms with E-state index in [1.165, 1.54) is 31.4 Å². The van der Waals surface area contributed by atoms with E-state index in [1.807, 2.05) is 6.92 Å². The minimum Gasteiger partial charge on any atom is -0.383 e. The van der Waals surface area contributed by atoms with Crippen LogP contribution in [0.3, 0.4) is 0 Å². The molecular weight excluding hydrogens is 464 g/mol. The number of benzene rings is 1. The summed E-state index contributed by atoms with van der Waals surface area (Å²) in [4.78, 5) is 37.2. The number of aryl methyl sites for hydroxylation is 1. The molecule has 37 heavy (non-hydrogen) atoms. The summed E-state index contributed by atoms with van der Waals surface area (Å²) in [6, 6.07) is 10.4. The van der Waals surface area contributed by atoms with Gasteiger partial charge in [0.25, 0.3) is 0 Å². The van der Waals surface area contributed by atoms with Crippen molar-refractivity contribution in [3.63, 3.8) is 0 Å². The van der Waals surface area contributed by atoms with Gasteiger partial charge in [-0.15, -0.1) is 0 Å². The van der Waals surface area contributed by atoms with Gasteiger partial charge >= 0.3 is 11.8 Å². The first-order chi connectivity index (χ1) is 17.8. The van der Waals surface area contributed by atoms with Crippen molar-refractivity contribution in [3.8, 4) is 0 Å². The number of nitrogens with two attached hydrogens (primary N) is 1. The molecule has 5 rings (SSSR count). The van der Waals surface area contributed by atoms with Crippen molar-refractivity contribution >= 4 is 29.0 Å². The Hall–Kier alpha value is -3.13. The lowest BCUT2D eigenvalue weighted by atomic mass is 9.89. The molecule has 0 bridgehead atoms. The van der Waals surface area contributed by atoms with Gasteiger partial charge in [0.2, 0.25) is 0 Å². The first kappa shape index (κ1) is 25.5. The standard InChI is InChI=1S/C29H40N6O2/c1-4-20-13-24(14-31-27(20)30)32-28(36)29(37)35-15-19(2)5-10-26(35)21-6-8-25(9-7-21)34-17-22-11-12-33(3)16-23(22)18-34/h6-9,13-14,19,22-23,26H,4-5,10-12,15-18H2,1-3H3,(H2,30,31)(H,32,36)/t19-,22-,23+,26+/m0/s1. The van der Waals surface area contributed by atoms with Crippen LogP contribution in [0.2, 0.25) is 0 Å². The Balaban J connectivity index is 1.28. The molecule has 3 aliphatic heterocycles. The number of carbonyl (C=O) groups is 2. The van der Waals surface area contributed by atoms with Crippen LogP contribution in [0.5, 0.6) is 0 Å².